The Morgan fingerprint density at radius 2 is 1.47 bits per heavy atom. The van der Waals surface area contributed by atoms with Crippen LogP contribution in [0, 0.1) is 29.6 Å². The summed E-state index contributed by atoms with van der Waals surface area (Å²) in [6, 6.07) is -0.651. The Balaban J connectivity index is 1.83. The third-order valence-corrected chi connectivity index (χ3v) is 15.0. The lowest BCUT2D eigenvalue weighted by Gasteiger charge is -2.50. The number of cyclic esters (lactones) is 1. The number of likely N-dealkylation sites (N-methyl/N-ethyl adjacent to an activating group) is 1. The molecule has 0 aromatic heterocycles. The molecule has 60 heavy (non-hydrogen) atoms. The zero-order valence-electron chi connectivity index (χ0n) is 39.3. The Hall–Kier alpha value is -1.01. The quantitative estimate of drug-likeness (QED) is 0.168. The number of ether oxygens (including phenoxy) is 6. The van der Waals surface area contributed by atoms with E-state index in [1.807, 2.05) is 53.6 Å². The van der Waals surface area contributed by atoms with Gasteiger partial charge in [-0.05, 0) is 106 Å². The Morgan fingerprint density at radius 1 is 0.850 bits per heavy atom. The molecule has 19 atom stereocenters. The van der Waals surface area contributed by atoms with Gasteiger partial charge >= 0.3 is 5.97 Å². The zero-order chi connectivity index (χ0) is 44.9. The van der Waals surface area contributed by atoms with E-state index in [1.165, 1.54) is 46.1 Å². The van der Waals surface area contributed by atoms with Crippen LogP contribution in [-0.4, -0.2) is 154 Å². The fraction of sp³-hybridized carbons (Fsp3) is 0.978. The lowest BCUT2D eigenvalue weighted by atomic mass is 9.72. The molecule has 0 amide bonds. The monoisotopic (exact) mass is 859 g/mol. The standard InChI is InChI=1S/C46H86N2O12/c1-14-34-46(10,54)39(50)28(4)36(47-25-32-20-18-16-15-17-19-21-32)26(2)23-44(8,53)41(60-43-37(49)33(48(11)12)22-27(3)56-43)29(5)38(30(6)42(52)58-34)59-35-24-45(9,55-13)40(51)31(7)57-35/h26-41,43,47,49-51,53-54H,14-25H2,1-13H3/t26-,27?,28+,29+,30-,31?,33?,34-,35?,36+,37?,38+,39-,40?,41-,43?,44-,45?,46-/m1/s1. The second kappa shape index (κ2) is 21.8. The third-order valence-electron chi connectivity index (χ3n) is 15.0. The lowest BCUT2D eigenvalue weighted by molar-refractivity contribution is -0.318. The van der Waals surface area contributed by atoms with Gasteiger partial charge in [-0.15, -0.1) is 0 Å². The number of hydrogen-bond donors (Lipinski definition) is 6. The number of nitrogens with zero attached hydrogens (tertiary/aromatic N) is 1. The minimum absolute atomic E-state index is 0.135. The van der Waals surface area contributed by atoms with E-state index in [1.54, 1.807) is 27.7 Å². The van der Waals surface area contributed by atoms with Gasteiger partial charge < -0.3 is 64.2 Å². The van der Waals surface area contributed by atoms with Crippen LogP contribution in [0.1, 0.15) is 140 Å². The van der Waals surface area contributed by atoms with Gasteiger partial charge in [0.1, 0.15) is 23.9 Å². The summed E-state index contributed by atoms with van der Waals surface area (Å²) in [4.78, 5) is 16.4. The summed E-state index contributed by atoms with van der Waals surface area (Å²) in [5, 5.41) is 63.9. The van der Waals surface area contributed by atoms with Gasteiger partial charge in [0.2, 0.25) is 0 Å². The first-order valence-electron chi connectivity index (χ1n) is 23.2. The maximum atomic E-state index is 14.5. The molecule has 6 N–H and O–H groups in total. The SMILES string of the molecule is CC[C@H]1OC(=O)[C@H](C)[C@@H](OC2CC(C)(OC)C(O)C(C)O2)[C@H](C)[C@@H](OC2OC(C)CC(N(C)C)C2O)[C@](C)(O)C[C@@H](C)[C@H](NCC2CCCCCCC2)[C@H](C)[C@@H](O)[C@]1(C)O. The largest absolute Gasteiger partial charge is 0.459 e. The van der Waals surface area contributed by atoms with Crippen molar-refractivity contribution in [1.29, 1.82) is 0 Å². The zero-order valence-corrected chi connectivity index (χ0v) is 39.3. The van der Waals surface area contributed by atoms with Gasteiger partial charge in [-0.2, -0.15) is 0 Å². The van der Waals surface area contributed by atoms with Gasteiger partial charge in [0.05, 0.1) is 47.6 Å². The van der Waals surface area contributed by atoms with E-state index in [9.17, 15) is 30.3 Å². The van der Waals surface area contributed by atoms with Crippen molar-refractivity contribution in [2.45, 2.75) is 230 Å². The molecular formula is C46H86N2O12. The first-order chi connectivity index (χ1) is 28.0. The summed E-state index contributed by atoms with van der Waals surface area (Å²) in [6.45, 7) is 18.7. The summed E-state index contributed by atoms with van der Waals surface area (Å²) >= 11 is 0. The van der Waals surface area contributed by atoms with Crippen LogP contribution in [0.2, 0.25) is 0 Å². The van der Waals surface area contributed by atoms with E-state index >= 15 is 0 Å². The Kier molecular flexibility index (Phi) is 18.7. The van der Waals surface area contributed by atoms with Crippen LogP contribution in [0.5, 0.6) is 0 Å². The van der Waals surface area contributed by atoms with E-state index in [4.69, 9.17) is 28.4 Å². The molecule has 8 unspecified atom stereocenters. The molecule has 0 aromatic rings. The van der Waals surface area contributed by atoms with Gasteiger partial charge in [-0.1, -0.05) is 59.8 Å². The van der Waals surface area contributed by atoms with Crippen LogP contribution in [0.25, 0.3) is 0 Å². The van der Waals surface area contributed by atoms with Gasteiger partial charge in [0.15, 0.2) is 12.6 Å². The number of methoxy groups -OCH3 is 1. The summed E-state index contributed by atoms with van der Waals surface area (Å²) in [6.07, 6.45) is -0.0351. The Bertz CT molecular complexity index is 1310. The first kappa shape index (κ1) is 51.6. The number of aliphatic hydroxyl groups excluding tert-OH is 3. The average Bonchev–Trinajstić information content (AvgIpc) is 3.16. The number of aliphatic hydroxyl groups is 5. The molecule has 0 aromatic carbocycles. The number of carbonyl (C=O) groups excluding carboxylic acids is 1. The predicted octanol–water partition coefficient (Wildman–Crippen LogP) is 4.54. The van der Waals surface area contributed by atoms with Crippen molar-refractivity contribution in [3.05, 3.63) is 0 Å². The molecule has 0 radical (unpaired) electrons. The van der Waals surface area contributed by atoms with Crippen molar-refractivity contribution in [2.75, 3.05) is 27.7 Å². The van der Waals surface area contributed by atoms with Gasteiger partial charge in [0.25, 0.3) is 0 Å². The first-order valence-corrected chi connectivity index (χ1v) is 23.2. The summed E-state index contributed by atoms with van der Waals surface area (Å²) < 4.78 is 38.2. The molecule has 14 heteroatoms. The predicted molar refractivity (Wildman–Crippen MR) is 229 cm³/mol. The molecule has 4 fully saturated rings. The number of hydrogen-bond acceptors (Lipinski definition) is 14. The number of esters is 1. The van der Waals surface area contributed by atoms with Gasteiger partial charge in [-0.3, -0.25) is 4.79 Å². The minimum atomic E-state index is -1.82. The molecule has 1 aliphatic carbocycles. The van der Waals surface area contributed by atoms with Crippen molar-refractivity contribution in [2.24, 2.45) is 29.6 Å². The van der Waals surface area contributed by atoms with Crippen molar-refractivity contribution in [3.63, 3.8) is 0 Å². The smallest absolute Gasteiger partial charge is 0.311 e. The van der Waals surface area contributed by atoms with Gasteiger partial charge in [-0.25, -0.2) is 0 Å². The maximum absolute atomic E-state index is 14.5. The van der Waals surface area contributed by atoms with Crippen LogP contribution >= 0.6 is 0 Å². The van der Waals surface area contributed by atoms with E-state index in [0.29, 0.717) is 12.3 Å². The molecule has 3 heterocycles. The van der Waals surface area contributed by atoms with Crippen LogP contribution in [-0.2, 0) is 33.2 Å². The van der Waals surface area contributed by atoms with Crippen molar-refractivity contribution in [3.8, 4) is 0 Å². The molecular weight excluding hydrogens is 773 g/mol. The van der Waals surface area contributed by atoms with Gasteiger partial charge in [0, 0.05) is 37.5 Å². The van der Waals surface area contributed by atoms with Crippen molar-refractivity contribution < 1.29 is 58.7 Å². The average molecular weight is 859 g/mol. The second-order valence-electron chi connectivity index (χ2n) is 20.4. The van der Waals surface area contributed by atoms with E-state index in [-0.39, 0.29) is 43.4 Å². The Morgan fingerprint density at radius 3 is 2.05 bits per heavy atom. The van der Waals surface area contributed by atoms with Crippen LogP contribution in [0.3, 0.4) is 0 Å². The fourth-order valence-electron chi connectivity index (χ4n) is 11.0. The normalized spacial score (nSPS) is 47.5. The molecule has 352 valence electrons. The number of carbonyl (C=O) groups is 1. The number of nitrogens with one attached hydrogen (secondary N) is 1. The molecule has 0 bridgehead atoms. The molecule has 3 aliphatic heterocycles. The van der Waals surface area contributed by atoms with Crippen LogP contribution < -0.4 is 5.32 Å². The lowest BCUT2D eigenvalue weighted by Crippen LogP contribution is -2.62. The van der Waals surface area contributed by atoms with Crippen molar-refractivity contribution in [1.82, 2.24) is 10.2 Å². The Labute approximate surface area is 361 Å². The third kappa shape index (κ3) is 12.2. The minimum Gasteiger partial charge on any atom is -0.459 e. The number of rotatable bonds is 10. The highest BCUT2D eigenvalue weighted by molar-refractivity contribution is 5.73. The highest BCUT2D eigenvalue weighted by atomic mass is 16.7. The summed E-state index contributed by atoms with van der Waals surface area (Å²) in [5.41, 5.74) is -4.47. The van der Waals surface area contributed by atoms with Crippen LogP contribution in [0.15, 0.2) is 0 Å². The van der Waals surface area contributed by atoms with E-state index < -0.39 is 95.8 Å². The van der Waals surface area contributed by atoms with Crippen molar-refractivity contribution >= 4 is 5.97 Å². The molecule has 3 saturated heterocycles. The highest BCUT2D eigenvalue weighted by Gasteiger charge is 2.53. The van der Waals surface area contributed by atoms with Crippen LogP contribution in [0.4, 0.5) is 0 Å². The molecule has 0 spiro atoms. The molecule has 1 saturated carbocycles. The van der Waals surface area contributed by atoms with E-state index in [2.05, 4.69) is 5.32 Å². The molecule has 4 rings (SSSR count). The fourth-order valence-corrected chi connectivity index (χ4v) is 11.0. The summed E-state index contributed by atoms with van der Waals surface area (Å²) in [7, 11) is 5.32. The topological polar surface area (TPSA) is 189 Å². The molecule has 4 aliphatic rings. The highest BCUT2D eigenvalue weighted by Crippen LogP contribution is 2.41. The second-order valence-corrected chi connectivity index (χ2v) is 20.4. The molecule has 14 nitrogen and oxygen atoms in total. The van der Waals surface area contributed by atoms with E-state index in [0.717, 1.165) is 19.4 Å². The summed E-state index contributed by atoms with van der Waals surface area (Å²) in [5.74, 6) is -2.78. The maximum Gasteiger partial charge on any atom is 0.311 e.